The normalized spacial score (nSPS) is 25.8. The average Bonchev–Trinajstić information content (AvgIpc) is 3.47. The van der Waals surface area contributed by atoms with Gasteiger partial charge in [0, 0.05) is 16.9 Å². The second kappa shape index (κ2) is 8.10. The van der Waals surface area contributed by atoms with Crippen LogP contribution in [0.3, 0.4) is 0 Å². The first-order valence-electron chi connectivity index (χ1n) is 16.4. The van der Waals surface area contributed by atoms with Gasteiger partial charge in [-0.2, -0.15) is 0 Å². The number of fused-ring (bicyclic) bond motifs is 13. The van der Waals surface area contributed by atoms with Crippen molar-refractivity contribution in [3.63, 3.8) is 0 Å². The SMILES string of the molecule is CC1Cc2ccccc2C2Oc3ccc(C4C[C@@]45Cc4ccccc4-c4ccc6c(c45)-c4cccc5cccc-6c45)cc3C12. The molecule has 1 saturated carbocycles. The number of ether oxygens (including phenoxy) is 1. The van der Waals surface area contributed by atoms with Gasteiger partial charge >= 0.3 is 0 Å². The van der Waals surface area contributed by atoms with Gasteiger partial charge in [0.15, 0.2) is 0 Å². The molecule has 6 aromatic carbocycles. The Morgan fingerprint density at radius 2 is 1.43 bits per heavy atom. The molecule has 1 heteroatoms. The largest absolute Gasteiger partial charge is 0.485 e. The van der Waals surface area contributed by atoms with Crippen molar-refractivity contribution in [2.75, 3.05) is 0 Å². The molecular weight excluding hydrogens is 532 g/mol. The lowest BCUT2D eigenvalue weighted by molar-refractivity contribution is 0.169. The van der Waals surface area contributed by atoms with Crippen LogP contribution < -0.4 is 4.74 Å². The maximum absolute atomic E-state index is 6.73. The zero-order valence-corrected chi connectivity index (χ0v) is 24.8. The molecule has 11 rings (SSSR count). The molecule has 4 unspecified atom stereocenters. The average molecular weight is 565 g/mol. The van der Waals surface area contributed by atoms with E-state index in [2.05, 4.69) is 122 Å². The predicted octanol–water partition coefficient (Wildman–Crippen LogP) is 10.5. The van der Waals surface area contributed by atoms with Crippen molar-refractivity contribution in [1.82, 2.24) is 0 Å². The molecule has 0 aromatic heterocycles. The van der Waals surface area contributed by atoms with Crippen LogP contribution in [-0.4, -0.2) is 0 Å². The molecule has 44 heavy (non-hydrogen) atoms. The Morgan fingerprint density at radius 1 is 0.659 bits per heavy atom. The fourth-order valence-corrected chi connectivity index (χ4v) is 10.1. The van der Waals surface area contributed by atoms with E-state index in [0.29, 0.717) is 17.8 Å². The summed E-state index contributed by atoms with van der Waals surface area (Å²) in [4.78, 5) is 0. The van der Waals surface area contributed by atoms with Crippen molar-refractivity contribution in [2.24, 2.45) is 5.92 Å². The van der Waals surface area contributed by atoms with Gasteiger partial charge in [0.2, 0.25) is 0 Å². The van der Waals surface area contributed by atoms with Crippen molar-refractivity contribution in [1.29, 1.82) is 0 Å². The second-order valence-corrected chi connectivity index (χ2v) is 14.1. The van der Waals surface area contributed by atoms with E-state index >= 15 is 0 Å². The van der Waals surface area contributed by atoms with Crippen molar-refractivity contribution >= 4 is 10.8 Å². The standard InChI is InChI=1S/C43H32O/c1-24-20-26-8-2-5-13-30(26)42-38(24)35-21-27(16-19-37(35)44-42)36-23-43(36)22-28-9-3-4-12-29(28)33-18-17-32-31-14-6-10-25-11-7-15-34(39(25)31)40(32)41(33)43/h2-19,21,24,36,38,42H,20,22-23H2,1H3/t24?,36?,38?,42?,43-/m0/s1. The molecule has 4 aliphatic carbocycles. The van der Waals surface area contributed by atoms with Gasteiger partial charge in [-0.25, -0.2) is 0 Å². The first-order valence-corrected chi connectivity index (χ1v) is 16.4. The van der Waals surface area contributed by atoms with E-state index in [4.69, 9.17) is 4.74 Å². The monoisotopic (exact) mass is 564 g/mol. The lowest BCUT2D eigenvalue weighted by Crippen LogP contribution is -2.25. The Morgan fingerprint density at radius 3 is 2.34 bits per heavy atom. The zero-order chi connectivity index (χ0) is 28.7. The molecule has 0 bridgehead atoms. The summed E-state index contributed by atoms with van der Waals surface area (Å²) in [6.07, 6.45) is 3.56. The third kappa shape index (κ3) is 2.87. The van der Waals surface area contributed by atoms with Crippen LogP contribution in [0.4, 0.5) is 0 Å². The van der Waals surface area contributed by atoms with Gasteiger partial charge in [-0.15, -0.1) is 0 Å². The van der Waals surface area contributed by atoms with Gasteiger partial charge in [0.25, 0.3) is 0 Å². The van der Waals surface area contributed by atoms with E-state index in [1.807, 2.05) is 0 Å². The first-order chi connectivity index (χ1) is 21.7. The number of benzene rings is 6. The third-order valence-corrected chi connectivity index (χ3v) is 11.9. The fraction of sp³-hybridized carbons (Fsp3) is 0.209. The minimum Gasteiger partial charge on any atom is -0.485 e. The highest BCUT2D eigenvalue weighted by molar-refractivity contribution is 6.17. The van der Waals surface area contributed by atoms with E-state index < -0.39 is 0 Å². The van der Waals surface area contributed by atoms with Crippen molar-refractivity contribution in [2.45, 2.75) is 49.5 Å². The van der Waals surface area contributed by atoms with Crippen LogP contribution in [0.1, 0.15) is 64.7 Å². The van der Waals surface area contributed by atoms with Crippen molar-refractivity contribution in [3.05, 3.63) is 149 Å². The highest BCUT2D eigenvalue weighted by Crippen LogP contribution is 2.70. The molecule has 1 spiro atoms. The minimum absolute atomic E-state index is 0.108. The number of hydrogen-bond acceptors (Lipinski definition) is 1. The third-order valence-electron chi connectivity index (χ3n) is 11.9. The summed E-state index contributed by atoms with van der Waals surface area (Å²) < 4.78 is 6.73. The van der Waals surface area contributed by atoms with Crippen LogP contribution in [-0.2, 0) is 18.3 Å². The van der Waals surface area contributed by atoms with Gasteiger partial charge in [0.05, 0.1) is 0 Å². The van der Waals surface area contributed by atoms with Crippen LogP contribution in [0.2, 0.25) is 0 Å². The summed E-state index contributed by atoms with van der Waals surface area (Å²) in [6.45, 7) is 2.42. The Hall–Kier alpha value is -4.62. The summed E-state index contributed by atoms with van der Waals surface area (Å²) in [5.74, 6) is 2.58. The molecule has 0 saturated heterocycles. The summed E-state index contributed by atoms with van der Waals surface area (Å²) in [5, 5.41) is 2.77. The fourth-order valence-electron chi connectivity index (χ4n) is 10.1. The first kappa shape index (κ1) is 23.8. The van der Waals surface area contributed by atoms with Crippen LogP contribution >= 0.6 is 0 Å². The van der Waals surface area contributed by atoms with Crippen LogP contribution in [0.15, 0.2) is 115 Å². The summed E-state index contributed by atoms with van der Waals surface area (Å²) in [7, 11) is 0. The molecule has 1 nitrogen and oxygen atoms in total. The van der Waals surface area contributed by atoms with E-state index in [1.54, 1.807) is 5.56 Å². The highest BCUT2D eigenvalue weighted by Gasteiger charge is 2.60. The summed E-state index contributed by atoms with van der Waals surface area (Å²) in [6, 6.07) is 43.9. The molecule has 1 aliphatic heterocycles. The number of hydrogen-bond donors (Lipinski definition) is 0. The molecule has 0 radical (unpaired) electrons. The van der Waals surface area contributed by atoms with Crippen molar-refractivity contribution in [3.8, 4) is 39.1 Å². The molecule has 0 N–H and O–H groups in total. The molecule has 1 heterocycles. The molecule has 6 aromatic rings. The van der Waals surface area contributed by atoms with Gasteiger partial charge in [-0.1, -0.05) is 116 Å². The quantitative estimate of drug-likeness (QED) is 0.193. The van der Waals surface area contributed by atoms with Crippen LogP contribution in [0.25, 0.3) is 44.2 Å². The Balaban J connectivity index is 1.09. The minimum atomic E-state index is 0.108. The zero-order valence-electron chi connectivity index (χ0n) is 24.8. The Kier molecular flexibility index (Phi) is 4.38. The molecule has 5 atom stereocenters. The Labute approximate surface area is 258 Å². The van der Waals surface area contributed by atoms with Gasteiger partial charge in [0.1, 0.15) is 11.9 Å². The van der Waals surface area contributed by atoms with Gasteiger partial charge in [-0.3, -0.25) is 0 Å². The molecule has 5 aliphatic rings. The summed E-state index contributed by atoms with van der Waals surface area (Å²) in [5.41, 5.74) is 17.6. The van der Waals surface area contributed by atoms with Crippen LogP contribution in [0, 0.1) is 5.92 Å². The van der Waals surface area contributed by atoms with Gasteiger partial charge in [-0.05, 0) is 109 Å². The van der Waals surface area contributed by atoms with Crippen LogP contribution in [0.5, 0.6) is 5.75 Å². The predicted molar refractivity (Wildman–Crippen MR) is 178 cm³/mol. The maximum atomic E-state index is 6.73. The van der Waals surface area contributed by atoms with E-state index in [-0.39, 0.29) is 11.5 Å². The second-order valence-electron chi connectivity index (χ2n) is 14.1. The molecule has 210 valence electrons. The van der Waals surface area contributed by atoms with E-state index in [0.717, 1.165) is 18.6 Å². The molecule has 1 fully saturated rings. The smallest absolute Gasteiger partial charge is 0.131 e. The summed E-state index contributed by atoms with van der Waals surface area (Å²) >= 11 is 0. The molecule has 0 amide bonds. The van der Waals surface area contributed by atoms with E-state index in [1.165, 1.54) is 78.4 Å². The highest BCUT2D eigenvalue weighted by atomic mass is 16.5. The van der Waals surface area contributed by atoms with Gasteiger partial charge < -0.3 is 4.74 Å². The lowest BCUT2D eigenvalue weighted by atomic mass is 9.70. The topological polar surface area (TPSA) is 9.23 Å². The van der Waals surface area contributed by atoms with E-state index in [9.17, 15) is 0 Å². The maximum Gasteiger partial charge on any atom is 0.131 e. The van der Waals surface area contributed by atoms with Crippen molar-refractivity contribution < 1.29 is 4.74 Å². The molecular formula is C43H32O. The number of rotatable bonds is 1. The Bertz CT molecular complexity index is 2230. The lowest BCUT2D eigenvalue weighted by Gasteiger charge is -2.33.